The smallest absolute Gasteiger partial charge is 0.274 e. The number of hydrogen-bond acceptors (Lipinski definition) is 5. The molecule has 1 rings (SSSR count). The third-order valence-electron chi connectivity index (χ3n) is 1.78. The largest absolute Gasteiger partial charge is 0.375 e. The van der Waals surface area contributed by atoms with Crippen molar-refractivity contribution in [2.24, 2.45) is 11.6 Å². The van der Waals surface area contributed by atoms with Crippen LogP contribution in [0.3, 0.4) is 0 Å². The number of nitrogens with two attached hydrogens (primary N) is 2. The minimum Gasteiger partial charge on any atom is -0.375 e. The van der Waals surface area contributed by atoms with Crippen LogP contribution >= 0.6 is 12.2 Å². The summed E-state index contributed by atoms with van der Waals surface area (Å²) in [6.45, 7) is 0. The summed E-state index contributed by atoms with van der Waals surface area (Å²) in [7, 11) is 0. The number of non-ortho nitro benzene ring substituents is 1. The van der Waals surface area contributed by atoms with E-state index < -0.39 is 10.8 Å². The Labute approximate surface area is 95.7 Å². The van der Waals surface area contributed by atoms with Crippen LogP contribution < -0.4 is 11.6 Å². The van der Waals surface area contributed by atoms with Crippen LogP contribution in [0.25, 0.3) is 0 Å². The number of carbonyl (C=O) groups is 1. The van der Waals surface area contributed by atoms with Crippen molar-refractivity contribution in [3.8, 4) is 0 Å². The molecule has 4 N–H and O–H groups in total. The Morgan fingerprint density at radius 1 is 1.38 bits per heavy atom. The maximum absolute atomic E-state index is 11.5. The lowest BCUT2D eigenvalue weighted by Crippen LogP contribution is -2.45. The zero-order valence-electron chi connectivity index (χ0n) is 7.99. The van der Waals surface area contributed by atoms with Crippen molar-refractivity contribution in [2.75, 3.05) is 0 Å². The first-order valence-electron chi connectivity index (χ1n) is 4.06. The Balaban J connectivity index is 2.94. The highest BCUT2D eigenvalue weighted by atomic mass is 32.1. The van der Waals surface area contributed by atoms with Crippen LogP contribution in [0.15, 0.2) is 24.3 Å². The number of nitrogens with zero attached hydrogens (tertiary/aromatic N) is 2. The second-order valence-corrected chi connectivity index (χ2v) is 3.24. The number of hydrazine groups is 1. The molecule has 0 fully saturated rings. The predicted octanol–water partition coefficient (Wildman–Crippen LogP) is 0.154. The lowest BCUT2D eigenvalue weighted by atomic mass is 10.2. The SMILES string of the molecule is NC(=S)N(N)C(=O)c1ccc([N+](=O)[O-])cc1. The lowest BCUT2D eigenvalue weighted by molar-refractivity contribution is -0.384. The molecule has 0 aromatic heterocycles. The van der Waals surface area contributed by atoms with Gasteiger partial charge in [0.15, 0.2) is 5.11 Å². The normalized spacial score (nSPS) is 9.56. The fourth-order valence-electron chi connectivity index (χ4n) is 0.965. The number of amides is 1. The van der Waals surface area contributed by atoms with Crippen molar-refractivity contribution < 1.29 is 9.72 Å². The molecule has 0 heterocycles. The maximum atomic E-state index is 11.5. The summed E-state index contributed by atoms with van der Waals surface area (Å²) in [5.74, 6) is 4.65. The minimum atomic E-state index is -0.623. The summed E-state index contributed by atoms with van der Waals surface area (Å²) in [4.78, 5) is 21.3. The van der Waals surface area contributed by atoms with E-state index in [-0.39, 0.29) is 16.4 Å². The fraction of sp³-hybridized carbons (Fsp3) is 0. The van der Waals surface area contributed by atoms with Crippen LogP contribution in [0.4, 0.5) is 5.69 Å². The minimum absolute atomic E-state index is 0.115. The number of carbonyl (C=O) groups excluding carboxylic acids is 1. The van der Waals surface area contributed by atoms with Gasteiger partial charge in [0.2, 0.25) is 0 Å². The summed E-state index contributed by atoms with van der Waals surface area (Å²) in [5, 5.41) is 10.7. The van der Waals surface area contributed by atoms with Crippen molar-refractivity contribution in [1.29, 1.82) is 0 Å². The molecule has 16 heavy (non-hydrogen) atoms. The number of hydrogen-bond donors (Lipinski definition) is 2. The van der Waals surface area contributed by atoms with E-state index in [4.69, 9.17) is 11.6 Å². The van der Waals surface area contributed by atoms with Gasteiger partial charge in [0.25, 0.3) is 11.6 Å². The Hall–Kier alpha value is -2.06. The number of nitro benzene ring substituents is 1. The van der Waals surface area contributed by atoms with Crippen molar-refractivity contribution in [3.63, 3.8) is 0 Å². The molecule has 0 spiro atoms. The topological polar surface area (TPSA) is 115 Å². The number of rotatable bonds is 2. The molecule has 0 aliphatic carbocycles. The molecule has 0 aliphatic rings. The van der Waals surface area contributed by atoms with E-state index >= 15 is 0 Å². The van der Waals surface area contributed by atoms with Crippen LogP contribution in [0.5, 0.6) is 0 Å². The van der Waals surface area contributed by atoms with Crippen molar-refractivity contribution in [1.82, 2.24) is 5.01 Å². The van der Waals surface area contributed by atoms with Gasteiger partial charge in [-0.2, -0.15) is 0 Å². The Kier molecular flexibility index (Phi) is 3.48. The summed E-state index contributed by atoms with van der Waals surface area (Å²) in [5.41, 5.74) is 5.21. The van der Waals surface area contributed by atoms with Crippen molar-refractivity contribution >= 4 is 28.9 Å². The van der Waals surface area contributed by atoms with Crippen LogP contribution in [-0.4, -0.2) is 21.0 Å². The molecule has 1 aromatic rings. The molecule has 84 valence electrons. The van der Waals surface area contributed by atoms with Gasteiger partial charge in [0, 0.05) is 17.7 Å². The average Bonchev–Trinajstić information content (AvgIpc) is 2.27. The average molecular weight is 240 g/mol. The van der Waals surface area contributed by atoms with Gasteiger partial charge in [0.05, 0.1) is 4.92 Å². The van der Waals surface area contributed by atoms with Crippen LogP contribution in [-0.2, 0) is 0 Å². The number of nitro groups is 1. The van der Waals surface area contributed by atoms with Gasteiger partial charge in [-0.3, -0.25) is 14.9 Å². The van der Waals surface area contributed by atoms with Gasteiger partial charge in [-0.15, -0.1) is 0 Å². The van der Waals surface area contributed by atoms with E-state index in [9.17, 15) is 14.9 Å². The summed E-state index contributed by atoms with van der Waals surface area (Å²) >= 11 is 4.51. The zero-order valence-corrected chi connectivity index (χ0v) is 8.81. The van der Waals surface area contributed by atoms with Crippen LogP contribution in [0.1, 0.15) is 10.4 Å². The first kappa shape index (κ1) is 12.0. The summed E-state index contributed by atoms with van der Waals surface area (Å²) < 4.78 is 0. The second-order valence-electron chi connectivity index (χ2n) is 2.82. The first-order valence-corrected chi connectivity index (χ1v) is 4.47. The summed E-state index contributed by atoms with van der Waals surface area (Å²) in [6, 6.07) is 4.94. The van der Waals surface area contributed by atoms with E-state index in [2.05, 4.69) is 12.2 Å². The highest BCUT2D eigenvalue weighted by Gasteiger charge is 2.15. The van der Waals surface area contributed by atoms with Gasteiger partial charge >= 0.3 is 0 Å². The summed E-state index contributed by atoms with van der Waals surface area (Å²) in [6.07, 6.45) is 0. The van der Waals surface area contributed by atoms with Crippen molar-refractivity contribution in [2.45, 2.75) is 0 Å². The highest BCUT2D eigenvalue weighted by Crippen LogP contribution is 2.12. The molecule has 0 saturated carbocycles. The second kappa shape index (κ2) is 4.64. The van der Waals surface area contributed by atoms with E-state index in [0.717, 1.165) is 0 Å². The van der Waals surface area contributed by atoms with E-state index in [0.29, 0.717) is 5.01 Å². The van der Waals surface area contributed by atoms with Crippen LogP contribution in [0.2, 0.25) is 0 Å². The zero-order chi connectivity index (χ0) is 12.3. The van der Waals surface area contributed by atoms with Crippen molar-refractivity contribution in [3.05, 3.63) is 39.9 Å². The monoisotopic (exact) mass is 240 g/mol. The molecule has 0 atom stereocenters. The molecule has 0 unspecified atom stereocenters. The van der Waals surface area contributed by atoms with Gasteiger partial charge in [-0.05, 0) is 24.4 Å². The number of benzene rings is 1. The first-order chi connectivity index (χ1) is 7.43. The quantitative estimate of drug-likeness (QED) is 0.250. The molecule has 0 bridgehead atoms. The molecule has 1 aromatic carbocycles. The van der Waals surface area contributed by atoms with E-state index in [1.54, 1.807) is 0 Å². The lowest BCUT2D eigenvalue weighted by Gasteiger charge is -2.13. The van der Waals surface area contributed by atoms with Gasteiger partial charge in [-0.25, -0.2) is 10.9 Å². The molecular formula is C8H8N4O3S. The van der Waals surface area contributed by atoms with Gasteiger partial charge < -0.3 is 5.73 Å². The van der Waals surface area contributed by atoms with Gasteiger partial charge in [0.1, 0.15) is 0 Å². The molecule has 8 heteroatoms. The molecule has 0 aliphatic heterocycles. The van der Waals surface area contributed by atoms with Crippen LogP contribution in [0, 0.1) is 10.1 Å². The molecule has 1 amide bonds. The fourth-order valence-corrected chi connectivity index (χ4v) is 1.05. The molecule has 0 saturated heterocycles. The predicted molar refractivity (Wildman–Crippen MR) is 60.2 cm³/mol. The van der Waals surface area contributed by atoms with E-state index in [1.165, 1.54) is 24.3 Å². The molecular weight excluding hydrogens is 232 g/mol. The van der Waals surface area contributed by atoms with E-state index in [1.807, 2.05) is 0 Å². The standard InChI is InChI=1S/C8H8N4O3S/c9-8(16)11(10)7(13)5-1-3-6(4-2-5)12(14)15/h1-4H,10H2,(H2,9,16). The highest BCUT2D eigenvalue weighted by molar-refractivity contribution is 7.80. The number of thiocarbonyl (C=S) groups is 1. The maximum Gasteiger partial charge on any atom is 0.274 e. The third-order valence-corrected chi connectivity index (χ3v) is 1.98. The van der Waals surface area contributed by atoms with Gasteiger partial charge in [-0.1, -0.05) is 0 Å². The Morgan fingerprint density at radius 3 is 2.25 bits per heavy atom. The molecule has 0 radical (unpaired) electrons. The Morgan fingerprint density at radius 2 is 1.88 bits per heavy atom. The third kappa shape index (κ3) is 2.49. The molecule has 7 nitrogen and oxygen atoms in total. The Bertz CT molecular complexity index is 445.